The summed E-state index contributed by atoms with van der Waals surface area (Å²) in [6, 6.07) is 0.973. The van der Waals surface area contributed by atoms with Crippen LogP contribution in [0.4, 0.5) is 14.5 Å². The Kier molecular flexibility index (Phi) is 5.98. The fraction of sp³-hybridized carbons (Fsp3) is 0.500. The van der Waals surface area contributed by atoms with Gasteiger partial charge in [0.05, 0.1) is 10.9 Å². The summed E-state index contributed by atoms with van der Waals surface area (Å²) in [6.45, 7) is 6.84. The summed E-state index contributed by atoms with van der Waals surface area (Å²) >= 11 is 0. The first-order valence-electron chi connectivity index (χ1n) is 9.63. The first kappa shape index (κ1) is 20.3. The lowest BCUT2D eigenvalue weighted by molar-refractivity contribution is 0.0695. The van der Waals surface area contributed by atoms with Crippen molar-refractivity contribution in [2.75, 3.05) is 31.1 Å². The van der Waals surface area contributed by atoms with Crippen LogP contribution in [0.1, 0.15) is 37.0 Å². The molecule has 6 nitrogen and oxygen atoms in total. The molecule has 2 N–H and O–H groups in total. The van der Waals surface area contributed by atoms with Crippen molar-refractivity contribution >= 4 is 22.6 Å². The van der Waals surface area contributed by atoms with Gasteiger partial charge in [0.2, 0.25) is 5.43 Å². The molecule has 1 aromatic heterocycles. The second kappa shape index (κ2) is 8.26. The molecule has 1 saturated heterocycles. The van der Waals surface area contributed by atoms with Gasteiger partial charge in [-0.25, -0.2) is 13.6 Å². The number of halogens is 2. The maximum absolute atomic E-state index is 15.4. The Morgan fingerprint density at radius 3 is 2.75 bits per heavy atom. The molecular weight excluding hydrogens is 368 g/mol. The lowest BCUT2D eigenvalue weighted by Crippen LogP contribution is -2.25. The van der Waals surface area contributed by atoms with E-state index in [0.29, 0.717) is 19.0 Å². The summed E-state index contributed by atoms with van der Waals surface area (Å²) in [5.41, 5.74) is -1.56. The average Bonchev–Trinajstić information content (AvgIpc) is 3.11. The molecule has 1 aromatic carbocycles. The van der Waals surface area contributed by atoms with E-state index in [-0.39, 0.29) is 23.1 Å². The number of rotatable bonds is 7. The van der Waals surface area contributed by atoms with Crippen molar-refractivity contribution in [2.24, 2.45) is 5.92 Å². The zero-order valence-electron chi connectivity index (χ0n) is 16.1. The third-order valence-corrected chi connectivity index (χ3v) is 5.38. The second-order valence-corrected chi connectivity index (χ2v) is 7.12. The average molecular weight is 393 g/mol. The molecule has 0 aliphatic carbocycles. The van der Waals surface area contributed by atoms with Crippen LogP contribution in [0.2, 0.25) is 0 Å². The van der Waals surface area contributed by atoms with Crippen LogP contribution >= 0.6 is 0 Å². The normalized spacial score (nSPS) is 16.9. The van der Waals surface area contributed by atoms with E-state index in [9.17, 15) is 19.1 Å². The molecule has 1 fully saturated rings. The van der Waals surface area contributed by atoms with Crippen LogP contribution in [0.15, 0.2) is 17.1 Å². The Labute approximate surface area is 161 Å². The quantitative estimate of drug-likeness (QED) is 0.708. The van der Waals surface area contributed by atoms with E-state index in [0.717, 1.165) is 38.2 Å². The third kappa shape index (κ3) is 3.61. The molecule has 28 heavy (non-hydrogen) atoms. The van der Waals surface area contributed by atoms with E-state index < -0.39 is 28.6 Å². The number of hydrogen-bond donors (Lipinski definition) is 2. The maximum Gasteiger partial charge on any atom is 0.341 e. The first-order chi connectivity index (χ1) is 13.4. The van der Waals surface area contributed by atoms with Crippen LogP contribution in [0.25, 0.3) is 10.9 Å². The number of anilines is 1. The highest BCUT2D eigenvalue weighted by Gasteiger charge is 2.29. The number of aromatic carboxylic acids is 1. The van der Waals surface area contributed by atoms with E-state index in [2.05, 4.69) is 5.32 Å². The summed E-state index contributed by atoms with van der Waals surface area (Å²) in [4.78, 5) is 25.4. The number of nitrogens with one attached hydrogen (secondary N) is 1. The third-order valence-electron chi connectivity index (χ3n) is 5.38. The van der Waals surface area contributed by atoms with Crippen LogP contribution in [0.5, 0.6) is 0 Å². The van der Waals surface area contributed by atoms with Crippen LogP contribution < -0.4 is 15.6 Å². The SMILES string of the molecule is CCNCC[C@@H]1CCN(c2c(F)cc3c(=O)c(C(=O)O)cn(CC)c3c2F)C1. The van der Waals surface area contributed by atoms with Gasteiger partial charge in [-0.3, -0.25) is 4.79 Å². The molecule has 1 aliphatic rings. The van der Waals surface area contributed by atoms with Gasteiger partial charge in [-0.1, -0.05) is 6.92 Å². The van der Waals surface area contributed by atoms with E-state index >= 15 is 4.39 Å². The molecule has 0 bridgehead atoms. The Balaban J connectivity index is 2.05. The number of aryl methyl sites for hydroxylation is 1. The van der Waals surface area contributed by atoms with Crippen molar-refractivity contribution in [3.8, 4) is 0 Å². The fourth-order valence-electron chi connectivity index (χ4n) is 3.92. The molecule has 0 amide bonds. The molecule has 1 aliphatic heterocycles. The van der Waals surface area contributed by atoms with Gasteiger partial charge in [0.15, 0.2) is 5.82 Å². The summed E-state index contributed by atoms with van der Waals surface area (Å²) < 4.78 is 31.6. The number of carbonyl (C=O) groups is 1. The van der Waals surface area contributed by atoms with Gasteiger partial charge in [-0.05, 0) is 44.8 Å². The van der Waals surface area contributed by atoms with Gasteiger partial charge >= 0.3 is 5.97 Å². The van der Waals surface area contributed by atoms with Crippen molar-refractivity contribution in [2.45, 2.75) is 33.2 Å². The Hall–Kier alpha value is -2.48. The highest BCUT2D eigenvalue weighted by atomic mass is 19.1. The zero-order valence-corrected chi connectivity index (χ0v) is 16.1. The number of aromatic nitrogens is 1. The number of carboxylic acids is 1. The molecule has 2 aromatic rings. The van der Waals surface area contributed by atoms with E-state index in [1.54, 1.807) is 11.8 Å². The lowest BCUT2D eigenvalue weighted by Gasteiger charge is -2.22. The molecule has 3 rings (SSSR count). The minimum absolute atomic E-state index is 0.0509. The van der Waals surface area contributed by atoms with Crippen molar-refractivity contribution in [1.82, 2.24) is 9.88 Å². The summed E-state index contributed by atoms with van der Waals surface area (Å²) in [7, 11) is 0. The Morgan fingerprint density at radius 1 is 1.36 bits per heavy atom. The number of nitrogens with zero attached hydrogens (tertiary/aromatic N) is 2. The minimum Gasteiger partial charge on any atom is -0.477 e. The van der Waals surface area contributed by atoms with Gasteiger partial charge < -0.3 is 19.9 Å². The van der Waals surface area contributed by atoms with Crippen LogP contribution in [0.3, 0.4) is 0 Å². The van der Waals surface area contributed by atoms with E-state index in [1.807, 2.05) is 6.92 Å². The Bertz CT molecular complexity index is 958. The maximum atomic E-state index is 15.4. The van der Waals surface area contributed by atoms with Crippen LogP contribution in [0, 0.1) is 17.6 Å². The lowest BCUT2D eigenvalue weighted by atomic mass is 10.1. The number of fused-ring (bicyclic) bond motifs is 1. The summed E-state index contributed by atoms with van der Waals surface area (Å²) in [5, 5.41) is 12.2. The highest BCUT2D eigenvalue weighted by molar-refractivity contribution is 5.93. The topological polar surface area (TPSA) is 74.6 Å². The summed E-state index contributed by atoms with van der Waals surface area (Å²) in [5.74, 6) is -2.71. The zero-order chi connectivity index (χ0) is 20.4. The Morgan fingerprint density at radius 2 is 2.11 bits per heavy atom. The summed E-state index contributed by atoms with van der Waals surface area (Å²) in [6.07, 6.45) is 2.91. The molecular formula is C20H25F2N3O3. The number of benzene rings is 1. The largest absolute Gasteiger partial charge is 0.477 e. The van der Waals surface area contributed by atoms with E-state index in [1.165, 1.54) is 4.57 Å². The van der Waals surface area contributed by atoms with Gasteiger partial charge in [-0.2, -0.15) is 0 Å². The molecule has 0 unspecified atom stereocenters. The predicted molar refractivity (Wildman–Crippen MR) is 104 cm³/mol. The van der Waals surface area contributed by atoms with Crippen molar-refractivity contribution in [1.29, 1.82) is 0 Å². The van der Waals surface area contributed by atoms with Crippen molar-refractivity contribution in [3.63, 3.8) is 0 Å². The standard InChI is InChI=1S/C20H25F2N3O3/c1-3-23-7-5-12-6-8-25(10-12)18-15(21)9-13-17(16(18)22)24(4-2)11-14(19(13)26)20(27)28/h9,11-12,23H,3-8,10H2,1-2H3,(H,27,28)/t12-/m1/s1. The number of hydrogen-bond acceptors (Lipinski definition) is 4. The second-order valence-electron chi connectivity index (χ2n) is 7.12. The molecule has 0 spiro atoms. The molecule has 1 atom stereocenters. The molecule has 2 heterocycles. The van der Waals surface area contributed by atoms with Crippen molar-refractivity contribution in [3.05, 3.63) is 39.7 Å². The monoisotopic (exact) mass is 393 g/mol. The molecule has 0 radical (unpaired) electrons. The highest BCUT2D eigenvalue weighted by Crippen LogP contribution is 2.34. The number of carboxylic acid groups (broad SMARTS) is 1. The van der Waals surface area contributed by atoms with Gasteiger partial charge in [0.1, 0.15) is 17.1 Å². The predicted octanol–water partition coefficient (Wildman–Crippen LogP) is 2.82. The van der Waals surface area contributed by atoms with E-state index in [4.69, 9.17) is 0 Å². The molecule has 152 valence electrons. The minimum atomic E-state index is -1.41. The molecule has 0 saturated carbocycles. The van der Waals surface area contributed by atoms with Crippen LogP contribution in [-0.4, -0.2) is 41.8 Å². The van der Waals surface area contributed by atoms with Gasteiger partial charge in [0.25, 0.3) is 0 Å². The smallest absolute Gasteiger partial charge is 0.341 e. The van der Waals surface area contributed by atoms with Crippen LogP contribution in [-0.2, 0) is 6.54 Å². The van der Waals surface area contributed by atoms with Gasteiger partial charge in [0, 0.05) is 25.8 Å². The molecule has 8 heteroatoms. The van der Waals surface area contributed by atoms with Crippen molar-refractivity contribution < 1.29 is 18.7 Å². The fourth-order valence-corrected chi connectivity index (χ4v) is 3.92. The first-order valence-corrected chi connectivity index (χ1v) is 9.63. The van der Waals surface area contributed by atoms with Gasteiger partial charge in [-0.15, -0.1) is 0 Å². The number of pyridine rings is 1.